The van der Waals surface area contributed by atoms with Gasteiger partial charge in [-0.15, -0.1) is 0 Å². The van der Waals surface area contributed by atoms with Gasteiger partial charge in [0.15, 0.2) is 0 Å². The lowest BCUT2D eigenvalue weighted by atomic mass is 10.2. The third kappa shape index (κ3) is 3.19. The first-order chi connectivity index (χ1) is 8.69. The molecule has 18 heavy (non-hydrogen) atoms. The third-order valence-corrected chi connectivity index (χ3v) is 2.89. The molecule has 0 amide bonds. The Balaban J connectivity index is 1.92. The zero-order valence-corrected chi connectivity index (χ0v) is 11.0. The van der Waals surface area contributed by atoms with Crippen molar-refractivity contribution in [2.45, 2.75) is 13.1 Å². The minimum absolute atomic E-state index is 0.247. The van der Waals surface area contributed by atoms with Gasteiger partial charge < -0.3 is 9.73 Å². The van der Waals surface area contributed by atoms with Gasteiger partial charge in [0.25, 0.3) is 0 Å². The Kier molecular flexibility index (Phi) is 4.13. The first-order valence-electron chi connectivity index (χ1n) is 5.32. The molecule has 3 nitrogen and oxygen atoms in total. The summed E-state index contributed by atoms with van der Waals surface area (Å²) in [4.78, 5) is 0. The van der Waals surface area contributed by atoms with Crippen molar-refractivity contribution in [3.8, 4) is 6.07 Å². The van der Waals surface area contributed by atoms with Crippen LogP contribution in [-0.4, -0.2) is 0 Å². The molecule has 0 saturated carbocycles. The van der Waals surface area contributed by atoms with Crippen LogP contribution in [0.3, 0.4) is 0 Å². The minimum atomic E-state index is -0.247. The number of rotatable bonds is 4. The van der Waals surface area contributed by atoms with E-state index in [1.54, 1.807) is 24.3 Å². The van der Waals surface area contributed by atoms with Crippen LogP contribution in [0, 0.1) is 17.1 Å². The molecule has 0 fully saturated rings. The van der Waals surface area contributed by atoms with Crippen molar-refractivity contribution >= 4 is 15.9 Å². The molecule has 0 aliphatic carbocycles. The van der Waals surface area contributed by atoms with Gasteiger partial charge in [0.1, 0.15) is 17.6 Å². The van der Waals surface area contributed by atoms with E-state index in [1.165, 1.54) is 6.07 Å². The van der Waals surface area contributed by atoms with E-state index in [0.29, 0.717) is 24.4 Å². The van der Waals surface area contributed by atoms with Gasteiger partial charge >= 0.3 is 0 Å². The topological polar surface area (TPSA) is 49.0 Å². The third-order valence-electron chi connectivity index (χ3n) is 2.39. The average molecular weight is 309 g/mol. The summed E-state index contributed by atoms with van der Waals surface area (Å²) < 4.78 is 19.5. The molecule has 0 atom stereocenters. The lowest BCUT2D eigenvalue weighted by Gasteiger charge is -2.05. The molecule has 1 heterocycles. The molecule has 0 unspecified atom stereocenters. The number of nitriles is 1. The van der Waals surface area contributed by atoms with Crippen LogP contribution in [0.15, 0.2) is 39.2 Å². The van der Waals surface area contributed by atoms with E-state index in [4.69, 9.17) is 9.68 Å². The van der Waals surface area contributed by atoms with Gasteiger partial charge in [-0.25, -0.2) is 4.39 Å². The van der Waals surface area contributed by atoms with E-state index < -0.39 is 0 Å². The van der Waals surface area contributed by atoms with Crippen LogP contribution in [0.2, 0.25) is 0 Å². The van der Waals surface area contributed by atoms with Gasteiger partial charge in [0, 0.05) is 16.6 Å². The van der Waals surface area contributed by atoms with Crippen molar-refractivity contribution < 1.29 is 8.81 Å². The number of benzene rings is 1. The lowest BCUT2D eigenvalue weighted by molar-refractivity contribution is 0.471. The van der Waals surface area contributed by atoms with E-state index in [0.717, 1.165) is 4.47 Å². The van der Waals surface area contributed by atoms with Crippen molar-refractivity contribution in [3.63, 3.8) is 0 Å². The van der Waals surface area contributed by atoms with E-state index in [-0.39, 0.29) is 11.6 Å². The Labute approximate surface area is 112 Å². The molecule has 0 aliphatic rings. The quantitative estimate of drug-likeness (QED) is 0.942. The Morgan fingerprint density at radius 1 is 1.28 bits per heavy atom. The Bertz CT molecular complexity index is 589. The van der Waals surface area contributed by atoms with Gasteiger partial charge in [-0.3, -0.25) is 0 Å². The molecule has 1 N–H and O–H groups in total. The van der Waals surface area contributed by atoms with Crippen LogP contribution in [0.25, 0.3) is 0 Å². The van der Waals surface area contributed by atoms with Crippen LogP contribution in [-0.2, 0) is 13.1 Å². The molecule has 5 heteroatoms. The van der Waals surface area contributed by atoms with Gasteiger partial charge in [0.05, 0.1) is 6.54 Å². The zero-order valence-electron chi connectivity index (χ0n) is 9.41. The molecule has 0 bridgehead atoms. The van der Waals surface area contributed by atoms with Crippen molar-refractivity contribution in [2.24, 2.45) is 0 Å². The predicted molar refractivity (Wildman–Crippen MR) is 68.1 cm³/mol. The average Bonchev–Trinajstić information content (AvgIpc) is 2.81. The normalized spacial score (nSPS) is 10.3. The fourth-order valence-electron chi connectivity index (χ4n) is 1.53. The van der Waals surface area contributed by atoms with Gasteiger partial charge in [-0.1, -0.05) is 15.9 Å². The van der Waals surface area contributed by atoms with E-state index in [2.05, 4.69) is 21.2 Å². The molecule has 1 aromatic carbocycles. The van der Waals surface area contributed by atoms with Crippen LogP contribution < -0.4 is 5.32 Å². The Hall–Kier alpha value is -1.64. The smallest absolute Gasteiger partial charge is 0.203 e. The molecular weight excluding hydrogens is 299 g/mol. The molecule has 92 valence electrons. The van der Waals surface area contributed by atoms with E-state index in [1.807, 2.05) is 6.07 Å². The fraction of sp³-hybridized carbons (Fsp3) is 0.154. The Morgan fingerprint density at radius 3 is 2.83 bits per heavy atom. The second-order valence-corrected chi connectivity index (χ2v) is 4.63. The highest BCUT2D eigenvalue weighted by molar-refractivity contribution is 9.10. The maximum atomic E-state index is 13.4. The molecule has 2 rings (SSSR count). The van der Waals surface area contributed by atoms with Crippen LogP contribution >= 0.6 is 15.9 Å². The summed E-state index contributed by atoms with van der Waals surface area (Å²) in [6, 6.07) is 10.0. The maximum absolute atomic E-state index is 13.4. The predicted octanol–water partition coefficient (Wildman–Crippen LogP) is 3.34. The number of nitrogens with zero attached hydrogens (tertiary/aromatic N) is 1. The molecule has 0 spiro atoms. The largest absolute Gasteiger partial charge is 0.449 e. The summed E-state index contributed by atoms with van der Waals surface area (Å²) in [5.41, 5.74) is 0.580. The second kappa shape index (κ2) is 5.80. The molecule has 0 radical (unpaired) electrons. The SMILES string of the molecule is N#Cc1ccc(CNCc2cc(Br)ccc2F)o1. The molecule has 1 aromatic heterocycles. The van der Waals surface area contributed by atoms with Crippen LogP contribution in [0.4, 0.5) is 4.39 Å². The van der Waals surface area contributed by atoms with Crippen molar-refractivity contribution in [2.75, 3.05) is 0 Å². The molecule has 2 aromatic rings. The summed E-state index contributed by atoms with van der Waals surface area (Å²) in [6.07, 6.45) is 0. The minimum Gasteiger partial charge on any atom is -0.449 e. The van der Waals surface area contributed by atoms with Gasteiger partial charge in [-0.05, 0) is 30.3 Å². The fourth-order valence-corrected chi connectivity index (χ4v) is 1.94. The highest BCUT2D eigenvalue weighted by Gasteiger charge is 2.04. The van der Waals surface area contributed by atoms with Crippen LogP contribution in [0.1, 0.15) is 17.1 Å². The van der Waals surface area contributed by atoms with Gasteiger partial charge in [-0.2, -0.15) is 5.26 Å². The van der Waals surface area contributed by atoms with Gasteiger partial charge in [0.2, 0.25) is 5.76 Å². The van der Waals surface area contributed by atoms with Crippen molar-refractivity contribution in [1.29, 1.82) is 5.26 Å². The molecule has 0 aliphatic heterocycles. The summed E-state index contributed by atoms with van der Waals surface area (Å²) >= 11 is 3.30. The van der Waals surface area contributed by atoms with Crippen LogP contribution in [0.5, 0.6) is 0 Å². The number of nitrogens with one attached hydrogen (secondary N) is 1. The number of hydrogen-bond acceptors (Lipinski definition) is 3. The van der Waals surface area contributed by atoms with Crippen molar-refractivity contribution in [3.05, 3.63) is 57.7 Å². The molecule has 0 saturated heterocycles. The lowest BCUT2D eigenvalue weighted by Crippen LogP contribution is -2.13. The number of hydrogen-bond donors (Lipinski definition) is 1. The monoisotopic (exact) mass is 308 g/mol. The second-order valence-electron chi connectivity index (χ2n) is 3.72. The zero-order chi connectivity index (χ0) is 13.0. The highest BCUT2D eigenvalue weighted by atomic mass is 79.9. The standard InChI is InChI=1S/C13H10BrFN2O/c14-10-1-4-13(15)9(5-10)7-17-8-12-3-2-11(6-16)18-12/h1-5,17H,7-8H2. The number of furan rings is 1. The molecular formula is C13H10BrFN2O. The van der Waals surface area contributed by atoms with E-state index >= 15 is 0 Å². The Morgan fingerprint density at radius 2 is 2.11 bits per heavy atom. The first-order valence-corrected chi connectivity index (χ1v) is 6.12. The summed E-state index contributed by atoms with van der Waals surface area (Å²) in [5.74, 6) is 0.685. The van der Waals surface area contributed by atoms with Crippen molar-refractivity contribution in [1.82, 2.24) is 5.32 Å². The maximum Gasteiger partial charge on any atom is 0.203 e. The highest BCUT2D eigenvalue weighted by Crippen LogP contribution is 2.15. The number of halogens is 2. The summed E-state index contributed by atoms with van der Waals surface area (Å²) in [5, 5.41) is 11.7. The van der Waals surface area contributed by atoms with E-state index in [9.17, 15) is 4.39 Å². The summed E-state index contributed by atoms with van der Waals surface area (Å²) in [7, 11) is 0. The summed E-state index contributed by atoms with van der Waals surface area (Å²) in [6.45, 7) is 0.849. The first kappa shape index (κ1) is 12.8.